The number of ketones is 1. The third-order valence-corrected chi connectivity index (χ3v) is 16.0. The molecule has 5 saturated carbocycles. The second kappa shape index (κ2) is 16.2. The molecular weight excluding hydrogens is 816 g/mol. The molecule has 1 unspecified atom stereocenters. The Balaban J connectivity index is 1.15. The van der Waals surface area contributed by atoms with Crippen LogP contribution >= 0.6 is 15.9 Å². The van der Waals surface area contributed by atoms with Gasteiger partial charge < -0.3 is 14.8 Å². The number of ether oxygens (including phenoxy) is 2. The Morgan fingerprint density at radius 3 is 2.46 bits per heavy atom. The van der Waals surface area contributed by atoms with Gasteiger partial charge in [-0.3, -0.25) is 33.3 Å². The van der Waals surface area contributed by atoms with Crippen molar-refractivity contribution in [1.29, 1.82) is 0 Å². The van der Waals surface area contributed by atoms with Gasteiger partial charge in [0.05, 0.1) is 28.5 Å². The predicted octanol–water partition coefficient (Wildman–Crippen LogP) is 5.65. The molecule has 13 nitrogen and oxygen atoms in total. The van der Waals surface area contributed by atoms with E-state index in [4.69, 9.17) is 14.5 Å². The maximum atomic E-state index is 15.0. The first-order valence-electron chi connectivity index (χ1n) is 21.0. The topological polar surface area (TPSA) is 180 Å². The summed E-state index contributed by atoms with van der Waals surface area (Å²) in [5, 5.41) is 2.76. The summed E-state index contributed by atoms with van der Waals surface area (Å²) in [7, 11) is -3.87. The number of rotatable bonds is 7. The number of hydrogen-bond acceptors (Lipinski definition) is 10. The molecule has 1 aromatic heterocycles. The zero-order valence-corrected chi connectivity index (χ0v) is 34.9. The molecule has 1 aliphatic heterocycles. The third-order valence-electron chi connectivity index (χ3n) is 13.7. The fourth-order valence-corrected chi connectivity index (χ4v) is 11.9. The summed E-state index contributed by atoms with van der Waals surface area (Å²) in [6.07, 6.45) is 12.7. The van der Waals surface area contributed by atoms with Crippen LogP contribution in [0.1, 0.15) is 110 Å². The van der Waals surface area contributed by atoms with Crippen LogP contribution in [0.15, 0.2) is 39.6 Å². The summed E-state index contributed by atoms with van der Waals surface area (Å²) in [5.41, 5.74) is -1.26. The van der Waals surface area contributed by atoms with Gasteiger partial charge in [-0.05, 0) is 113 Å². The number of aromatic nitrogens is 2. The standard InChI is InChI=1S/C42H53BrN4O9S/c1-2-26-23-42(26,40(52)46-57(53,54)29-15-16-29)45-38(50)33-21-28-20-32(33)37(49)31(24-9-5-6-10-24)22-36(48)56-35-13-8-12-25(35)11-4-3-7-18-47-39(51)30-17-14-27(43)19-34(30)44-41(47)55-28/h3,7,14,17,19,24-26,28-29,31-33,35H,2,4-6,8-13,15-16,18,20-23H2,1H3,(H,45,50)(H,46,52)/b7-3+/t25-,26-,28+,31+,32?,33-,35-,42-/m1/s1. The second-order valence-electron chi connectivity index (χ2n) is 17.4. The normalized spacial score (nSPS) is 33.0. The summed E-state index contributed by atoms with van der Waals surface area (Å²) >= 11 is 3.48. The van der Waals surface area contributed by atoms with E-state index < -0.39 is 56.5 Å². The van der Waals surface area contributed by atoms with Gasteiger partial charge in [0.15, 0.2) is 0 Å². The zero-order chi connectivity index (χ0) is 40.1. The highest BCUT2D eigenvalue weighted by atomic mass is 79.9. The lowest BCUT2D eigenvalue weighted by atomic mass is 9.76. The van der Waals surface area contributed by atoms with Crippen LogP contribution in [0.4, 0.5) is 0 Å². The summed E-state index contributed by atoms with van der Waals surface area (Å²) in [4.78, 5) is 75.8. The molecular formula is C42H53BrN4O9S. The number of esters is 1. The monoisotopic (exact) mass is 868 g/mol. The number of amides is 2. The number of Topliss-reactive ketones (excluding diaryl/α,β-unsaturated/α-hetero) is 1. The lowest BCUT2D eigenvalue weighted by Crippen LogP contribution is -2.54. The fourth-order valence-electron chi connectivity index (χ4n) is 10.2. The lowest BCUT2D eigenvalue weighted by molar-refractivity contribution is -0.155. The molecule has 2 aromatic rings. The number of fused-ring (bicyclic) bond motifs is 5. The van der Waals surface area contributed by atoms with Crippen LogP contribution in [0, 0.1) is 35.5 Å². The minimum Gasteiger partial charge on any atom is -0.462 e. The van der Waals surface area contributed by atoms with E-state index in [-0.39, 0.29) is 79.4 Å². The van der Waals surface area contributed by atoms with E-state index in [2.05, 4.69) is 26.0 Å². The Bertz CT molecular complexity index is 2130. The number of sulfonamides is 1. The van der Waals surface area contributed by atoms with Gasteiger partial charge in [-0.1, -0.05) is 54.3 Å². The van der Waals surface area contributed by atoms with Gasteiger partial charge in [-0.15, -0.1) is 0 Å². The van der Waals surface area contributed by atoms with Crippen LogP contribution in [0.2, 0.25) is 0 Å². The van der Waals surface area contributed by atoms with E-state index in [9.17, 15) is 27.6 Å². The molecule has 0 saturated heterocycles. The first-order valence-corrected chi connectivity index (χ1v) is 23.3. The number of hydrogen-bond donors (Lipinski definition) is 2. The fraction of sp³-hybridized carbons (Fsp3) is 0.667. The van der Waals surface area contributed by atoms with Gasteiger partial charge in [0, 0.05) is 22.9 Å². The minimum atomic E-state index is -3.87. The highest BCUT2D eigenvalue weighted by Crippen LogP contribution is 2.48. The van der Waals surface area contributed by atoms with E-state index in [1.807, 2.05) is 19.1 Å². The van der Waals surface area contributed by atoms with Crippen molar-refractivity contribution in [3.8, 4) is 6.01 Å². The first-order chi connectivity index (χ1) is 27.4. The minimum absolute atomic E-state index is 0.0349. The molecule has 2 bridgehead atoms. The van der Waals surface area contributed by atoms with E-state index in [1.165, 1.54) is 4.57 Å². The summed E-state index contributed by atoms with van der Waals surface area (Å²) in [6, 6.07) is 5.33. The van der Waals surface area contributed by atoms with E-state index >= 15 is 4.79 Å². The van der Waals surface area contributed by atoms with Gasteiger partial charge in [0.25, 0.3) is 17.5 Å². The highest BCUT2D eigenvalue weighted by Gasteiger charge is 2.62. The molecule has 57 heavy (non-hydrogen) atoms. The van der Waals surface area contributed by atoms with E-state index in [1.54, 1.807) is 18.2 Å². The Morgan fingerprint density at radius 2 is 1.72 bits per heavy atom. The molecule has 308 valence electrons. The Hall–Kier alpha value is -3.59. The smallest absolute Gasteiger partial charge is 0.306 e. The molecule has 8 atom stereocenters. The Kier molecular flexibility index (Phi) is 11.4. The second-order valence-corrected chi connectivity index (χ2v) is 20.2. The van der Waals surface area contributed by atoms with Crippen molar-refractivity contribution in [1.82, 2.24) is 19.6 Å². The number of benzene rings is 1. The summed E-state index contributed by atoms with van der Waals surface area (Å²) in [6.45, 7) is 2.08. The third kappa shape index (κ3) is 8.33. The average molecular weight is 870 g/mol. The van der Waals surface area contributed by atoms with E-state index in [0.717, 1.165) is 62.3 Å². The molecule has 2 N–H and O–H groups in total. The van der Waals surface area contributed by atoms with Crippen LogP contribution in [0.3, 0.4) is 0 Å². The molecule has 1 aromatic carbocycles. The van der Waals surface area contributed by atoms with Crippen molar-refractivity contribution in [2.75, 3.05) is 0 Å². The predicted molar refractivity (Wildman–Crippen MR) is 214 cm³/mol. The highest BCUT2D eigenvalue weighted by molar-refractivity contribution is 9.10. The van der Waals surface area contributed by atoms with Crippen molar-refractivity contribution >= 4 is 60.4 Å². The van der Waals surface area contributed by atoms with Crippen LogP contribution in [-0.2, 0) is 40.5 Å². The quantitative estimate of drug-likeness (QED) is 0.261. The van der Waals surface area contributed by atoms with Gasteiger partial charge in [0.2, 0.25) is 15.9 Å². The largest absolute Gasteiger partial charge is 0.462 e. The molecule has 2 heterocycles. The average Bonchev–Trinajstić information content (AvgIpc) is 3.96. The van der Waals surface area contributed by atoms with Crippen molar-refractivity contribution < 1.29 is 37.1 Å². The van der Waals surface area contributed by atoms with Crippen LogP contribution in [0.25, 0.3) is 10.9 Å². The summed E-state index contributed by atoms with van der Waals surface area (Å²) < 4.78 is 42.8. The van der Waals surface area contributed by atoms with Gasteiger partial charge in [0.1, 0.15) is 23.5 Å². The Labute approximate surface area is 341 Å². The molecule has 8 rings (SSSR count). The molecule has 6 aliphatic rings. The maximum Gasteiger partial charge on any atom is 0.306 e. The first kappa shape index (κ1) is 40.2. The van der Waals surface area contributed by atoms with Crippen LogP contribution < -0.4 is 20.3 Å². The maximum absolute atomic E-state index is 15.0. The van der Waals surface area contributed by atoms with Crippen molar-refractivity contribution in [2.24, 2.45) is 35.5 Å². The van der Waals surface area contributed by atoms with Gasteiger partial charge in [-0.25, -0.2) is 8.42 Å². The lowest BCUT2D eigenvalue weighted by Gasteiger charge is -2.29. The van der Waals surface area contributed by atoms with Crippen molar-refractivity contribution in [3.05, 3.63) is 45.2 Å². The van der Waals surface area contributed by atoms with Crippen LogP contribution in [0.5, 0.6) is 6.01 Å². The number of carbonyl (C=O) groups excluding carboxylic acids is 4. The molecule has 5 aliphatic carbocycles. The SMILES string of the molecule is CC[C@@H]1C[C@]1(NC(=O)[C@@H]1C[C@@H]2CC1C(=O)[C@H](C1CCCC1)CC(=O)O[C@@H]1CCC[C@H]1CC/C=C/Cn1c(nc3cc(Br)ccc3c1=O)O2)C(=O)NS(=O)(=O)C1CC1. The number of nitrogens with one attached hydrogen (secondary N) is 2. The number of carbonyl (C=O) groups is 4. The van der Waals surface area contributed by atoms with Crippen molar-refractivity contribution in [3.63, 3.8) is 0 Å². The molecule has 0 spiro atoms. The Morgan fingerprint density at radius 1 is 0.947 bits per heavy atom. The number of nitrogens with zero attached hydrogens (tertiary/aromatic N) is 2. The van der Waals surface area contributed by atoms with Crippen molar-refractivity contribution in [2.45, 2.75) is 139 Å². The van der Waals surface area contributed by atoms with Gasteiger partial charge >= 0.3 is 5.97 Å². The van der Waals surface area contributed by atoms with Gasteiger partial charge in [-0.2, -0.15) is 4.98 Å². The molecule has 2 amide bonds. The summed E-state index contributed by atoms with van der Waals surface area (Å²) in [5.74, 6) is -4.43. The zero-order valence-electron chi connectivity index (χ0n) is 32.5. The van der Waals surface area contributed by atoms with E-state index in [0.29, 0.717) is 30.2 Å². The molecule has 15 heteroatoms. The number of allylic oxidation sites excluding steroid dienone is 2. The molecule has 5 fully saturated rings. The van der Waals surface area contributed by atoms with Crippen LogP contribution in [-0.4, -0.2) is 64.5 Å². The number of halogens is 1. The molecule has 0 radical (unpaired) electrons.